The van der Waals surface area contributed by atoms with Gasteiger partial charge in [-0.2, -0.15) is 5.10 Å². The number of nitrogens with two attached hydrogens (primary N) is 1. The average molecular weight is 280 g/mol. The van der Waals surface area contributed by atoms with Gasteiger partial charge in [0.1, 0.15) is 0 Å². The zero-order valence-electron chi connectivity index (χ0n) is 12.6. The molecule has 2 unspecified atom stereocenters. The lowest BCUT2D eigenvalue weighted by atomic mass is 9.64. The van der Waals surface area contributed by atoms with Gasteiger partial charge in [-0.05, 0) is 12.8 Å². The number of hydrogen-bond donors (Lipinski definition) is 3. The van der Waals surface area contributed by atoms with Crippen LogP contribution < -0.4 is 11.1 Å². The van der Waals surface area contributed by atoms with E-state index in [1.165, 1.54) is 0 Å². The number of aromatic amines is 1. The second kappa shape index (κ2) is 5.44. The lowest BCUT2D eigenvalue weighted by molar-refractivity contribution is -0.0942. The SMILES string of the molecule is CCCc1[nH]nc(C(=O)NC2CC(OC)C2(C)C)c1N. The number of hydrogen-bond acceptors (Lipinski definition) is 4. The van der Waals surface area contributed by atoms with Crippen LogP contribution in [0.25, 0.3) is 0 Å². The van der Waals surface area contributed by atoms with Gasteiger partial charge in [0.15, 0.2) is 5.69 Å². The maximum Gasteiger partial charge on any atom is 0.274 e. The van der Waals surface area contributed by atoms with E-state index in [2.05, 4.69) is 36.3 Å². The van der Waals surface area contributed by atoms with E-state index in [1.807, 2.05) is 0 Å². The Morgan fingerprint density at radius 1 is 1.60 bits per heavy atom. The molecular formula is C14H24N4O2. The molecule has 1 heterocycles. The number of aryl methyl sites for hydroxylation is 1. The van der Waals surface area contributed by atoms with Crippen molar-refractivity contribution in [1.29, 1.82) is 0 Å². The van der Waals surface area contributed by atoms with Crippen molar-refractivity contribution in [1.82, 2.24) is 15.5 Å². The van der Waals surface area contributed by atoms with Crippen LogP contribution in [0.15, 0.2) is 0 Å². The number of nitrogens with zero attached hydrogens (tertiary/aromatic N) is 1. The van der Waals surface area contributed by atoms with Crippen molar-refractivity contribution in [2.75, 3.05) is 12.8 Å². The number of anilines is 1. The van der Waals surface area contributed by atoms with Crippen molar-refractivity contribution in [3.8, 4) is 0 Å². The molecule has 0 aliphatic heterocycles. The summed E-state index contributed by atoms with van der Waals surface area (Å²) in [5.41, 5.74) is 7.49. The molecule has 6 heteroatoms. The highest BCUT2D eigenvalue weighted by Gasteiger charge is 2.49. The van der Waals surface area contributed by atoms with Crippen molar-refractivity contribution in [3.63, 3.8) is 0 Å². The van der Waals surface area contributed by atoms with Gasteiger partial charge >= 0.3 is 0 Å². The summed E-state index contributed by atoms with van der Waals surface area (Å²) in [6.45, 7) is 6.24. The van der Waals surface area contributed by atoms with E-state index in [9.17, 15) is 4.79 Å². The number of amides is 1. The number of H-pyrrole nitrogens is 1. The summed E-state index contributed by atoms with van der Waals surface area (Å²) < 4.78 is 5.38. The van der Waals surface area contributed by atoms with Crippen LogP contribution in [0.3, 0.4) is 0 Å². The van der Waals surface area contributed by atoms with Crippen LogP contribution in [0, 0.1) is 5.41 Å². The number of nitrogen functional groups attached to an aromatic ring is 1. The quantitative estimate of drug-likeness (QED) is 0.761. The van der Waals surface area contributed by atoms with Crippen molar-refractivity contribution in [3.05, 3.63) is 11.4 Å². The Hall–Kier alpha value is -1.56. The first-order valence-electron chi connectivity index (χ1n) is 7.08. The molecular weight excluding hydrogens is 256 g/mol. The van der Waals surface area contributed by atoms with E-state index in [4.69, 9.17) is 10.5 Å². The molecule has 0 saturated heterocycles. The largest absolute Gasteiger partial charge is 0.395 e. The van der Waals surface area contributed by atoms with Crippen molar-refractivity contribution >= 4 is 11.6 Å². The predicted octanol–water partition coefficient (Wildman–Crippen LogP) is 1.49. The van der Waals surface area contributed by atoms with Crippen molar-refractivity contribution < 1.29 is 9.53 Å². The van der Waals surface area contributed by atoms with E-state index in [1.54, 1.807) is 7.11 Å². The maximum absolute atomic E-state index is 12.3. The Labute approximate surface area is 119 Å². The Bertz CT molecular complexity index is 495. The lowest BCUT2D eigenvalue weighted by Gasteiger charge is -2.51. The molecule has 2 atom stereocenters. The number of aromatic nitrogens is 2. The minimum absolute atomic E-state index is 0.0677. The first kappa shape index (κ1) is 14.8. The summed E-state index contributed by atoms with van der Waals surface area (Å²) in [7, 11) is 1.70. The Morgan fingerprint density at radius 2 is 2.30 bits per heavy atom. The van der Waals surface area contributed by atoms with Gasteiger partial charge in [-0.1, -0.05) is 27.2 Å². The van der Waals surface area contributed by atoms with Gasteiger partial charge in [-0.15, -0.1) is 0 Å². The predicted molar refractivity (Wildman–Crippen MR) is 77.4 cm³/mol. The highest BCUT2D eigenvalue weighted by atomic mass is 16.5. The van der Waals surface area contributed by atoms with Gasteiger partial charge in [0, 0.05) is 18.6 Å². The number of ether oxygens (including phenoxy) is 1. The third kappa shape index (κ3) is 2.40. The van der Waals surface area contributed by atoms with Gasteiger partial charge in [0.05, 0.1) is 17.5 Å². The summed E-state index contributed by atoms with van der Waals surface area (Å²) in [6, 6.07) is 0.0886. The average Bonchev–Trinajstić information content (AvgIpc) is 2.76. The fourth-order valence-electron chi connectivity index (χ4n) is 2.76. The Morgan fingerprint density at radius 3 is 2.85 bits per heavy atom. The fraction of sp³-hybridized carbons (Fsp3) is 0.714. The molecule has 0 aromatic carbocycles. The highest BCUT2D eigenvalue weighted by molar-refractivity contribution is 5.97. The third-order valence-corrected chi connectivity index (χ3v) is 4.37. The van der Waals surface area contributed by atoms with E-state index in [0.717, 1.165) is 25.0 Å². The number of rotatable bonds is 5. The number of nitrogens with one attached hydrogen (secondary N) is 2. The topological polar surface area (TPSA) is 93.0 Å². The molecule has 1 aromatic heterocycles. The van der Waals surface area contributed by atoms with Crippen LogP contribution in [0.2, 0.25) is 0 Å². The summed E-state index contributed by atoms with van der Waals surface area (Å²) in [6.07, 6.45) is 2.76. The van der Waals surface area contributed by atoms with Gasteiger partial charge in [0.2, 0.25) is 0 Å². The Balaban J connectivity index is 2.03. The minimum Gasteiger partial charge on any atom is -0.395 e. The third-order valence-electron chi connectivity index (χ3n) is 4.37. The zero-order chi connectivity index (χ0) is 14.9. The van der Waals surface area contributed by atoms with Gasteiger partial charge in [0.25, 0.3) is 5.91 Å². The number of carbonyl (C=O) groups excluding carboxylic acids is 1. The molecule has 1 amide bonds. The second-order valence-electron chi connectivity index (χ2n) is 6.02. The van der Waals surface area contributed by atoms with Crippen LogP contribution in [0.1, 0.15) is 49.8 Å². The number of methoxy groups -OCH3 is 1. The van der Waals surface area contributed by atoms with Crippen LogP contribution in [-0.4, -0.2) is 35.4 Å². The minimum atomic E-state index is -0.214. The molecule has 20 heavy (non-hydrogen) atoms. The van der Waals surface area contributed by atoms with E-state index in [0.29, 0.717) is 11.4 Å². The molecule has 1 aromatic rings. The van der Waals surface area contributed by atoms with Crippen molar-refractivity contribution in [2.24, 2.45) is 5.41 Å². The smallest absolute Gasteiger partial charge is 0.274 e. The zero-order valence-corrected chi connectivity index (χ0v) is 12.6. The molecule has 1 fully saturated rings. The van der Waals surface area contributed by atoms with Crippen LogP contribution in [-0.2, 0) is 11.2 Å². The molecule has 112 valence electrons. The molecule has 0 radical (unpaired) electrons. The van der Waals surface area contributed by atoms with Gasteiger partial charge in [-0.25, -0.2) is 0 Å². The maximum atomic E-state index is 12.3. The highest BCUT2D eigenvalue weighted by Crippen LogP contribution is 2.42. The van der Waals surface area contributed by atoms with E-state index >= 15 is 0 Å². The van der Waals surface area contributed by atoms with Gasteiger partial charge in [-0.3, -0.25) is 9.89 Å². The standard InChI is InChI=1S/C14H24N4O2/c1-5-6-8-11(15)12(18-17-8)13(19)16-9-7-10(20-4)14(9,2)3/h9-10H,5-7,15H2,1-4H3,(H,16,19)(H,17,18). The summed E-state index contributed by atoms with van der Waals surface area (Å²) in [5.74, 6) is -0.214. The van der Waals surface area contributed by atoms with E-state index < -0.39 is 0 Å². The van der Waals surface area contributed by atoms with Crippen LogP contribution >= 0.6 is 0 Å². The second-order valence-corrected chi connectivity index (χ2v) is 6.02. The van der Waals surface area contributed by atoms with Gasteiger partial charge < -0.3 is 15.8 Å². The summed E-state index contributed by atoms with van der Waals surface area (Å²) in [4.78, 5) is 12.3. The summed E-state index contributed by atoms with van der Waals surface area (Å²) >= 11 is 0. The summed E-state index contributed by atoms with van der Waals surface area (Å²) in [5, 5.41) is 9.89. The molecule has 1 aliphatic carbocycles. The molecule has 2 rings (SSSR count). The normalized spacial score (nSPS) is 24.2. The molecule has 4 N–H and O–H groups in total. The molecule has 0 bridgehead atoms. The monoisotopic (exact) mass is 280 g/mol. The van der Waals surface area contributed by atoms with E-state index in [-0.39, 0.29) is 23.5 Å². The molecule has 1 aliphatic rings. The molecule has 0 spiro atoms. The lowest BCUT2D eigenvalue weighted by Crippen LogP contribution is -2.61. The van der Waals surface area contributed by atoms with Crippen LogP contribution in [0.4, 0.5) is 5.69 Å². The first-order valence-corrected chi connectivity index (χ1v) is 7.08. The molecule has 6 nitrogen and oxygen atoms in total. The van der Waals surface area contributed by atoms with Crippen LogP contribution in [0.5, 0.6) is 0 Å². The first-order chi connectivity index (χ1) is 9.41. The van der Waals surface area contributed by atoms with Crippen molar-refractivity contribution in [2.45, 2.75) is 52.2 Å². The molecule has 1 saturated carbocycles. The Kier molecular flexibility index (Phi) is 4.04. The number of carbonyl (C=O) groups is 1. The fourth-order valence-corrected chi connectivity index (χ4v) is 2.76.